The average Bonchev–Trinajstić information content (AvgIpc) is 3.46. The Morgan fingerprint density at radius 3 is 2.71 bits per heavy atom. The molecule has 1 aliphatic heterocycles. The van der Waals surface area contributed by atoms with Crippen LogP contribution in [0, 0.1) is 0 Å². The van der Waals surface area contributed by atoms with Gasteiger partial charge in [-0.3, -0.25) is 9.36 Å². The highest BCUT2D eigenvalue weighted by atomic mass is 32.1. The summed E-state index contributed by atoms with van der Waals surface area (Å²) in [4.78, 5) is 18.0. The molecule has 2 aromatic heterocycles. The van der Waals surface area contributed by atoms with E-state index in [-0.39, 0.29) is 34.7 Å². The Morgan fingerprint density at radius 1 is 1.18 bits per heavy atom. The molecule has 38 heavy (non-hydrogen) atoms. The van der Waals surface area contributed by atoms with Gasteiger partial charge in [0.05, 0.1) is 17.5 Å². The number of aromatic nitrogens is 2. The van der Waals surface area contributed by atoms with E-state index in [0.29, 0.717) is 17.0 Å². The number of benzene rings is 2. The topological polar surface area (TPSA) is 150 Å². The van der Waals surface area contributed by atoms with Crippen molar-refractivity contribution in [1.82, 2.24) is 9.78 Å². The maximum atomic E-state index is 13.8. The first-order chi connectivity index (χ1) is 18.4. The van der Waals surface area contributed by atoms with Gasteiger partial charge in [-0.15, -0.1) is 0 Å². The van der Waals surface area contributed by atoms with Crippen LogP contribution in [0.5, 0.6) is 11.5 Å². The molecule has 0 saturated heterocycles. The number of hydrogen-bond donors (Lipinski definition) is 3. The molecule has 13 heteroatoms. The zero-order valence-electron chi connectivity index (χ0n) is 20.0. The summed E-state index contributed by atoms with van der Waals surface area (Å²) in [6, 6.07) is 15.8. The number of nitrogens with two attached hydrogens (primary N) is 1. The van der Waals surface area contributed by atoms with Gasteiger partial charge in [0.25, 0.3) is 5.56 Å². The van der Waals surface area contributed by atoms with Crippen LogP contribution in [-0.2, 0) is 20.5 Å². The van der Waals surface area contributed by atoms with Gasteiger partial charge in [0.1, 0.15) is 29.5 Å². The largest absolute Gasteiger partial charge is 0.505 e. The second-order valence-electron chi connectivity index (χ2n) is 8.01. The van der Waals surface area contributed by atoms with Gasteiger partial charge in [-0.25, -0.2) is 4.68 Å². The molecule has 194 valence electrons. The van der Waals surface area contributed by atoms with Crippen LogP contribution < -0.4 is 26.8 Å². The minimum Gasteiger partial charge on any atom is -0.505 e. The van der Waals surface area contributed by atoms with Crippen LogP contribution >= 0.6 is 18.9 Å². The van der Waals surface area contributed by atoms with Crippen molar-refractivity contribution in [2.45, 2.75) is 6.54 Å². The lowest BCUT2D eigenvalue weighted by Crippen LogP contribution is -2.35. The predicted octanol–water partition coefficient (Wildman–Crippen LogP) is 3.80. The van der Waals surface area contributed by atoms with Crippen LogP contribution in [0.2, 0.25) is 0 Å². The molecule has 1 aliphatic rings. The van der Waals surface area contributed by atoms with E-state index in [2.05, 4.69) is 20.0 Å². The lowest BCUT2D eigenvalue weighted by atomic mass is 10.1. The highest BCUT2D eigenvalue weighted by Crippen LogP contribution is 2.52. The molecule has 3 heterocycles. The SMILES string of the molecule is COP1(=O)N=C(c2c(O)c(-c3ccsc3)nn(Cc3ccccc3)c2=O)Nc2ccc(O/C=C/ON)cc21. The number of anilines is 1. The van der Waals surface area contributed by atoms with Crippen LogP contribution in [0.15, 0.2) is 87.4 Å². The highest BCUT2D eigenvalue weighted by Gasteiger charge is 2.36. The molecule has 2 aromatic carbocycles. The van der Waals surface area contributed by atoms with Crippen LogP contribution in [0.1, 0.15) is 11.1 Å². The molecule has 0 saturated carbocycles. The standard InChI is InChI=1S/C25H22N5O6PS/c1-34-37(33)20-13-18(35-10-11-36-26)7-8-19(20)27-24(29-37)21-23(31)22(17-9-12-38-15-17)28-30(25(21)32)14-16-5-3-2-4-6-16/h2-13,15,31H,14,26H2,1H3,(H,27,29,33)/b11-10+. The first kappa shape index (κ1) is 25.4. The normalized spacial score (nSPS) is 16.5. The van der Waals surface area contributed by atoms with Crippen molar-refractivity contribution in [2.75, 3.05) is 12.4 Å². The number of thiophene rings is 1. The first-order valence-electron chi connectivity index (χ1n) is 11.2. The van der Waals surface area contributed by atoms with Crippen LogP contribution in [-0.4, -0.2) is 27.8 Å². The quantitative estimate of drug-likeness (QED) is 0.169. The smallest absolute Gasteiger partial charge is 0.348 e. The number of hydrogen-bond acceptors (Lipinski definition) is 10. The minimum absolute atomic E-state index is 0.101. The van der Waals surface area contributed by atoms with Crippen molar-refractivity contribution in [3.05, 3.63) is 99.4 Å². The van der Waals surface area contributed by atoms with Crippen molar-refractivity contribution in [3.8, 4) is 22.8 Å². The third-order valence-corrected chi connectivity index (χ3v) is 8.30. The summed E-state index contributed by atoms with van der Waals surface area (Å²) >= 11 is 1.42. The molecule has 4 aromatic rings. The van der Waals surface area contributed by atoms with Crippen molar-refractivity contribution in [2.24, 2.45) is 10.7 Å². The van der Waals surface area contributed by atoms with Gasteiger partial charge in [0.2, 0.25) is 0 Å². The first-order valence-corrected chi connectivity index (χ1v) is 13.7. The van der Waals surface area contributed by atoms with E-state index in [4.69, 9.17) is 15.2 Å². The highest BCUT2D eigenvalue weighted by molar-refractivity contribution is 7.66. The monoisotopic (exact) mass is 551 g/mol. The van der Waals surface area contributed by atoms with E-state index in [9.17, 15) is 14.5 Å². The number of aromatic hydroxyl groups is 1. The number of amidine groups is 1. The number of nitrogens with one attached hydrogen (secondary N) is 1. The summed E-state index contributed by atoms with van der Waals surface area (Å²) in [5, 5.41) is 22.6. The number of nitrogens with zero attached hydrogens (tertiary/aromatic N) is 3. The third-order valence-electron chi connectivity index (χ3n) is 5.68. The maximum Gasteiger partial charge on any atom is 0.348 e. The van der Waals surface area contributed by atoms with Gasteiger partial charge < -0.3 is 24.5 Å². The molecule has 4 N–H and O–H groups in total. The van der Waals surface area contributed by atoms with Crippen molar-refractivity contribution >= 4 is 35.7 Å². The number of rotatable bonds is 8. The Bertz CT molecular complexity index is 1640. The van der Waals surface area contributed by atoms with E-state index in [1.165, 1.54) is 35.5 Å². The fourth-order valence-electron chi connectivity index (χ4n) is 3.89. The van der Waals surface area contributed by atoms with Gasteiger partial charge in [0, 0.05) is 18.1 Å². The number of fused-ring (bicyclic) bond motifs is 1. The third kappa shape index (κ3) is 4.85. The van der Waals surface area contributed by atoms with E-state index in [1.54, 1.807) is 23.6 Å². The lowest BCUT2D eigenvalue weighted by molar-refractivity contribution is 0.250. The molecule has 0 aliphatic carbocycles. The molecular formula is C25H22N5O6PS. The second-order valence-corrected chi connectivity index (χ2v) is 10.9. The molecule has 0 bridgehead atoms. The molecule has 0 spiro atoms. The molecular weight excluding hydrogens is 529 g/mol. The Hall–Kier alpha value is -4.22. The summed E-state index contributed by atoms with van der Waals surface area (Å²) in [5.74, 6) is 4.79. The van der Waals surface area contributed by atoms with Crippen molar-refractivity contribution in [3.63, 3.8) is 0 Å². The van der Waals surface area contributed by atoms with Crippen molar-refractivity contribution < 1.29 is 23.8 Å². The zero-order valence-corrected chi connectivity index (χ0v) is 21.7. The fraction of sp³-hybridized carbons (Fsp3) is 0.0800. The second kappa shape index (κ2) is 10.6. The molecule has 0 fully saturated rings. The van der Waals surface area contributed by atoms with Crippen LogP contribution in [0.25, 0.3) is 11.3 Å². The van der Waals surface area contributed by atoms with Gasteiger partial charge >= 0.3 is 7.52 Å². The average molecular weight is 552 g/mol. The molecule has 1 atom stereocenters. The number of ether oxygens (including phenoxy) is 1. The van der Waals surface area contributed by atoms with Gasteiger partial charge in [-0.05, 0) is 35.2 Å². The zero-order chi connectivity index (χ0) is 26.7. The summed E-state index contributed by atoms with van der Waals surface area (Å²) in [7, 11) is -2.63. The van der Waals surface area contributed by atoms with E-state index < -0.39 is 13.1 Å². The van der Waals surface area contributed by atoms with E-state index in [0.717, 1.165) is 11.8 Å². The Morgan fingerprint density at radius 2 is 2.00 bits per heavy atom. The summed E-state index contributed by atoms with van der Waals surface area (Å²) in [6.45, 7) is 0.149. The summed E-state index contributed by atoms with van der Waals surface area (Å²) < 4.78 is 30.1. The van der Waals surface area contributed by atoms with Gasteiger partial charge in [-0.2, -0.15) is 27.1 Å². The Balaban J connectivity index is 1.65. The Kier molecular flexibility index (Phi) is 7.12. The lowest BCUT2D eigenvalue weighted by Gasteiger charge is -2.25. The summed E-state index contributed by atoms with van der Waals surface area (Å²) in [6.07, 6.45) is 2.34. The minimum atomic E-state index is -3.88. The van der Waals surface area contributed by atoms with Crippen molar-refractivity contribution in [1.29, 1.82) is 0 Å². The van der Waals surface area contributed by atoms with Gasteiger partial charge in [-0.1, -0.05) is 30.3 Å². The van der Waals surface area contributed by atoms with Gasteiger partial charge in [0.15, 0.2) is 11.6 Å². The van der Waals surface area contributed by atoms with Crippen LogP contribution in [0.4, 0.5) is 5.69 Å². The fourth-order valence-corrected chi connectivity index (χ4v) is 6.05. The molecule has 11 nitrogen and oxygen atoms in total. The molecule has 5 rings (SSSR count). The Labute approximate surface area is 220 Å². The van der Waals surface area contributed by atoms with E-state index in [1.807, 2.05) is 35.7 Å². The molecule has 0 amide bonds. The van der Waals surface area contributed by atoms with E-state index >= 15 is 0 Å². The summed E-state index contributed by atoms with van der Waals surface area (Å²) in [5.41, 5.74) is 1.23. The molecule has 1 unspecified atom stereocenters. The predicted molar refractivity (Wildman–Crippen MR) is 145 cm³/mol. The molecule has 0 radical (unpaired) electrons. The van der Waals surface area contributed by atoms with Crippen LogP contribution in [0.3, 0.4) is 0 Å². The maximum absolute atomic E-state index is 13.8.